The molecule has 2 aromatic rings. The molecule has 0 saturated heterocycles. The average Bonchev–Trinajstić information content (AvgIpc) is 2.86. The van der Waals surface area contributed by atoms with Crippen LogP contribution in [0.4, 0.5) is 0 Å². The van der Waals surface area contributed by atoms with Crippen LogP contribution in [0.25, 0.3) is 0 Å². The molecule has 130 valence electrons. The van der Waals surface area contributed by atoms with Crippen LogP contribution in [0, 0.1) is 11.3 Å². The Kier molecular flexibility index (Phi) is 3.90. The summed E-state index contributed by atoms with van der Waals surface area (Å²) in [7, 11) is 0. The van der Waals surface area contributed by atoms with Gasteiger partial charge in [0.2, 0.25) is 0 Å². The van der Waals surface area contributed by atoms with Crippen molar-refractivity contribution >= 4 is 0 Å². The normalized spacial score (nSPS) is 24.3. The second kappa shape index (κ2) is 5.87. The van der Waals surface area contributed by atoms with E-state index in [1.54, 1.807) is 11.1 Å². The molecule has 0 saturated carbocycles. The third kappa shape index (κ3) is 2.86. The van der Waals surface area contributed by atoms with Gasteiger partial charge in [-0.3, -0.25) is 0 Å². The van der Waals surface area contributed by atoms with Gasteiger partial charge in [-0.15, -0.1) is 0 Å². The SMILES string of the molecule is C=C1Cc2cc3c(cc2C1c1ccccc1)C(C(C)C)CC(C)(C)C3. The Hall–Kier alpha value is -1.82. The van der Waals surface area contributed by atoms with Gasteiger partial charge >= 0.3 is 0 Å². The second-order valence-electron chi connectivity index (χ2n) is 9.32. The van der Waals surface area contributed by atoms with Crippen LogP contribution in [0.3, 0.4) is 0 Å². The lowest BCUT2D eigenvalue weighted by atomic mass is 9.65. The quantitative estimate of drug-likeness (QED) is 0.541. The van der Waals surface area contributed by atoms with Crippen LogP contribution in [-0.2, 0) is 12.8 Å². The Balaban J connectivity index is 1.84. The van der Waals surface area contributed by atoms with Crippen LogP contribution in [0.1, 0.15) is 73.8 Å². The highest BCUT2D eigenvalue weighted by Crippen LogP contribution is 2.49. The predicted molar refractivity (Wildman–Crippen MR) is 107 cm³/mol. The topological polar surface area (TPSA) is 0 Å². The van der Waals surface area contributed by atoms with Crippen molar-refractivity contribution < 1.29 is 0 Å². The van der Waals surface area contributed by atoms with Crippen LogP contribution in [0.5, 0.6) is 0 Å². The highest BCUT2D eigenvalue weighted by atomic mass is 14.4. The molecule has 0 bridgehead atoms. The van der Waals surface area contributed by atoms with Crippen molar-refractivity contribution in [1.29, 1.82) is 0 Å². The molecule has 0 spiro atoms. The molecule has 2 atom stereocenters. The first-order valence-electron chi connectivity index (χ1n) is 9.74. The van der Waals surface area contributed by atoms with E-state index in [-0.39, 0.29) is 0 Å². The summed E-state index contributed by atoms with van der Waals surface area (Å²) in [5, 5.41) is 0. The van der Waals surface area contributed by atoms with Crippen LogP contribution in [0.15, 0.2) is 54.6 Å². The number of fused-ring (bicyclic) bond motifs is 2. The molecule has 0 aliphatic heterocycles. The maximum Gasteiger partial charge on any atom is 0.0302 e. The minimum absolute atomic E-state index is 0.379. The molecule has 0 N–H and O–H groups in total. The molecule has 0 heterocycles. The van der Waals surface area contributed by atoms with Crippen LogP contribution < -0.4 is 0 Å². The van der Waals surface area contributed by atoms with Crippen LogP contribution in [0.2, 0.25) is 0 Å². The minimum Gasteiger partial charge on any atom is -0.0986 e. The Morgan fingerprint density at radius 3 is 2.40 bits per heavy atom. The van der Waals surface area contributed by atoms with E-state index in [9.17, 15) is 0 Å². The van der Waals surface area contributed by atoms with E-state index >= 15 is 0 Å². The highest BCUT2D eigenvalue weighted by molar-refractivity contribution is 5.55. The number of hydrogen-bond acceptors (Lipinski definition) is 0. The highest BCUT2D eigenvalue weighted by Gasteiger charge is 2.36. The number of rotatable bonds is 2. The molecule has 2 aliphatic rings. The molecule has 0 amide bonds. The molecular formula is C25H30. The van der Waals surface area contributed by atoms with E-state index in [2.05, 4.69) is 76.7 Å². The average molecular weight is 331 g/mol. The van der Waals surface area contributed by atoms with Gasteiger partial charge in [-0.1, -0.05) is 82.3 Å². The van der Waals surface area contributed by atoms with Gasteiger partial charge in [-0.2, -0.15) is 0 Å². The molecule has 0 radical (unpaired) electrons. The summed E-state index contributed by atoms with van der Waals surface area (Å²) in [5.74, 6) is 1.75. The van der Waals surface area contributed by atoms with E-state index in [4.69, 9.17) is 0 Å². The Morgan fingerprint density at radius 2 is 1.72 bits per heavy atom. The van der Waals surface area contributed by atoms with E-state index in [0.717, 1.165) is 6.42 Å². The molecule has 4 rings (SSSR count). The number of benzene rings is 2. The summed E-state index contributed by atoms with van der Waals surface area (Å²) in [4.78, 5) is 0. The van der Waals surface area contributed by atoms with E-state index in [0.29, 0.717) is 23.2 Å². The number of allylic oxidation sites excluding steroid dienone is 1. The number of hydrogen-bond donors (Lipinski definition) is 0. The van der Waals surface area contributed by atoms with E-state index in [1.165, 1.54) is 35.1 Å². The van der Waals surface area contributed by atoms with Gasteiger partial charge in [0.25, 0.3) is 0 Å². The molecular weight excluding hydrogens is 300 g/mol. The van der Waals surface area contributed by atoms with Gasteiger partial charge in [-0.05, 0) is 64.3 Å². The molecule has 25 heavy (non-hydrogen) atoms. The summed E-state index contributed by atoms with van der Waals surface area (Å²) in [6.07, 6.45) is 3.55. The van der Waals surface area contributed by atoms with Crippen LogP contribution >= 0.6 is 0 Å². The second-order valence-corrected chi connectivity index (χ2v) is 9.32. The van der Waals surface area contributed by atoms with Gasteiger partial charge in [0.15, 0.2) is 0 Å². The molecule has 2 aliphatic carbocycles. The first-order valence-corrected chi connectivity index (χ1v) is 9.74. The van der Waals surface area contributed by atoms with Gasteiger partial charge < -0.3 is 0 Å². The summed E-state index contributed by atoms with van der Waals surface area (Å²) < 4.78 is 0. The largest absolute Gasteiger partial charge is 0.0986 e. The third-order valence-corrected chi connectivity index (χ3v) is 6.32. The standard InChI is InChI=1S/C25H30/c1-16(2)23-15-25(4,5)14-20-12-19-11-17(3)24(22(19)13-21(20)23)18-9-7-6-8-10-18/h6-10,12-13,16,23-24H,3,11,14-15H2,1-2,4-5H3. The fourth-order valence-electron chi connectivity index (χ4n) is 5.17. The lowest BCUT2D eigenvalue weighted by Gasteiger charge is -2.39. The maximum atomic E-state index is 4.44. The van der Waals surface area contributed by atoms with Crippen molar-refractivity contribution in [3.8, 4) is 0 Å². The van der Waals surface area contributed by atoms with Crippen molar-refractivity contribution in [3.05, 3.63) is 82.4 Å². The first-order chi connectivity index (χ1) is 11.9. The molecule has 2 unspecified atom stereocenters. The van der Waals surface area contributed by atoms with Crippen molar-refractivity contribution in [2.75, 3.05) is 0 Å². The van der Waals surface area contributed by atoms with Crippen LogP contribution in [-0.4, -0.2) is 0 Å². The lowest BCUT2D eigenvalue weighted by Crippen LogP contribution is -2.28. The van der Waals surface area contributed by atoms with Gasteiger partial charge in [0.1, 0.15) is 0 Å². The van der Waals surface area contributed by atoms with Crippen molar-refractivity contribution in [3.63, 3.8) is 0 Å². The molecule has 0 fully saturated rings. The first kappa shape index (κ1) is 16.6. The summed E-state index contributed by atoms with van der Waals surface area (Å²) in [6, 6.07) is 16.0. The fourth-order valence-corrected chi connectivity index (χ4v) is 5.17. The molecule has 2 aromatic carbocycles. The Morgan fingerprint density at radius 1 is 1.00 bits per heavy atom. The van der Waals surface area contributed by atoms with Gasteiger partial charge in [0, 0.05) is 5.92 Å². The van der Waals surface area contributed by atoms with Crippen molar-refractivity contribution in [2.24, 2.45) is 11.3 Å². The van der Waals surface area contributed by atoms with Crippen molar-refractivity contribution in [1.82, 2.24) is 0 Å². The molecule has 0 aromatic heterocycles. The van der Waals surface area contributed by atoms with Crippen molar-refractivity contribution in [2.45, 2.75) is 58.8 Å². The monoisotopic (exact) mass is 330 g/mol. The third-order valence-electron chi connectivity index (χ3n) is 6.32. The zero-order valence-electron chi connectivity index (χ0n) is 16.1. The fraction of sp³-hybridized carbons (Fsp3) is 0.440. The van der Waals surface area contributed by atoms with Gasteiger partial charge in [0.05, 0.1) is 0 Å². The molecule has 0 nitrogen and oxygen atoms in total. The maximum absolute atomic E-state index is 4.44. The van der Waals surface area contributed by atoms with E-state index < -0.39 is 0 Å². The van der Waals surface area contributed by atoms with E-state index in [1.807, 2.05) is 0 Å². The minimum atomic E-state index is 0.379. The summed E-state index contributed by atoms with van der Waals surface area (Å²) in [5.41, 5.74) is 9.38. The Bertz CT molecular complexity index is 807. The summed E-state index contributed by atoms with van der Waals surface area (Å²) >= 11 is 0. The smallest absolute Gasteiger partial charge is 0.0302 e. The Labute approximate surface area is 153 Å². The zero-order chi connectivity index (χ0) is 17.8. The van der Waals surface area contributed by atoms with Gasteiger partial charge in [-0.25, -0.2) is 0 Å². The molecule has 0 heteroatoms. The predicted octanol–water partition coefficient (Wildman–Crippen LogP) is 6.64. The summed E-state index contributed by atoms with van der Waals surface area (Å²) in [6.45, 7) is 14.1. The zero-order valence-corrected chi connectivity index (χ0v) is 16.1. The lowest BCUT2D eigenvalue weighted by molar-refractivity contribution is 0.250.